The zero-order valence-corrected chi connectivity index (χ0v) is 11.0. The number of nitrogens with one attached hydrogen (secondary N) is 1. The highest BCUT2D eigenvalue weighted by Gasteiger charge is 2.00. The van der Waals surface area contributed by atoms with Gasteiger partial charge in [0.05, 0.1) is 0 Å². The predicted octanol–water partition coefficient (Wildman–Crippen LogP) is 2.90. The maximum Gasteiger partial charge on any atom is 0.123 e. The third-order valence-electron chi connectivity index (χ3n) is 2.79. The van der Waals surface area contributed by atoms with E-state index in [1.807, 2.05) is 19.2 Å². The van der Waals surface area contributed by atoms with Crippen LogP contribution in [0.5, 0.6) is 0 Å². The molecule has 0 aliphatic carbocycles. The van der Waals surface area contributed by atoms with E-state index in [2.05, 4.69) is 24.1 Å². The van der Waals surface area contributed by atoms with Crippen LogP contribution in [0, 0.1) is 11.7 Å². The second kappa shape index (κ2) is 7.28. The van der Waals surface area contributed by atoms with Crippen LogP contribution in [0.3, 0.4) is 0 Å². The minimum Gasteiger partial charge on any atom is -0.373 e. The van der Waals surface area contributed by atoms with Gasteiger partial charge in [-0.1, -0.05) is 13.8 Å². The van der Waals surface area contributed by atoms with Gasteiger partial charge in [0.2, 0.25) is 0 Å². The van der Waals surface area contributed by atoms with Crippen molar-refractivity contribution in [2.45, 2.75) is 20.3 Å². The molecule has 0 saturated heterocycles. The fraction of sp³-hybridized carbons (Fsp3) is 0.571. The second-order valence-electron chi connectivity index (χ2n) is 4.83. The Balaban J connectivity index is 2.21. The molecule has 0 saturated carbocycles. The number of nitrogens with zero attached hydrogens (tertiary/aromatic N) is 1. The van der Waals surface area contributed by atoms with E-state index in [9.17, 15) is 4.39 Å². The number of hydrogen-bond donors (Lipinski definition) is 1. The van der Waals surface area contributed by atoms with Crippen LogP contribution >= 0.6 is 0 Å². The Hall–Kier alpha value is -1.09. The Kier molecular flexibility index (Phi) is 5.98. The smallest absolute Gasteiger partial charge is 0.123 e. The molecule has 1 N–H and O–H groups in total. The molecule has 96 valence electrons. The van der Waals surface area contributed by atoms with Gasteiger partial charge in [0.1, 0.15) is 5.82 Å². The summed E-state index contributed by atoms with van der Waals surface area (Å²) in [5.41, 5.74) is 1.05. The van der Waals surface area contributed by atoms with Gasteiger partial charge in [-0.3, -0.25) is 0 Å². The van der Waals surface area contributed by atoms with Crippen LogP contribution in [0.2, 0.25) is 0 Å². The topological polar surface area (TPSA) is 15.3 Å². The van der Waals surface area contributed by atoms with Crippen LogP contribution in [-0.2, 0) is 0 Å². The highest BCUT2D eigenvalue weighted by molar-refractivity contribution is 5.45. The zero-order valence-electron chi connectivity index (χ0n) is 11.0. The molecular weight excluding hydrogens is 215 g/mol. The van der Waals surface area contributed by atoms with E-state index >= 15 is 0 Å². The van der Waals surface area contributed by atoms with Crippen molar-refractivity contribution in [2.75, 3.05) is 31.6 Å². The lowest BCUT2D eigenvalue weighted by atomic mass is 10.1. The molecule has 1 aromatic rings. The van der Waals surface area contributed by atoms with E-state index in [1.54, 1.807) is 0 Å². The molecule has 0 atom stereocenters. The van der Waals surface area contributed by atoms with Crippen molar-refractivity contribution in [1.82, 2.24) is 5.32 Å². The predicted molar refractivity (Wildman–Crippen MR) is 72.0 cm³/mol. The molecule has 0 aliphatic heterocycles. The molecule has 0 amide bonds. The van der Waals surface area contributed by atoms with E-state index in [1.165, 1.54) is 18.6 Å². The Morgan fingerprint density at radius 3 is 2.41 bits per heavy atom. The normalized spacial score (nSPS) is 10.9. The van der Waals surface area contributed by atoms with Crippen LogP contribution in [0.25, 0.3) is 0 Å². The Bertz CT molecular complexity index is 309. The van der Waals surface area contributed by atoms with Crippen molar-refractivity contribution in [1.29, 1.82) is 0 Å². The van der Waals surface area contributed by atoms with E-state index < -0.39 is 0 Å². The first-order chi connectivity index (χ1) is 8.09. The molecule has 1 aromatic carbocycles. The van der Waals surface area contributed by atoms with Gasteiger partial charge in [-0.2, -0.15) is 0 Å². The number of halogens is 1. The van der Waals surface area contributed by atoms with Crippen LogP contribution in [0.1, 0.15) is 20.3 Å². The van der Waals surface area contributed by atoms with Gasteiger partial charge < -0.3 is 10.2 Å². The molecule has 0 heterocycles. The second-order valence-corrected chi connectivity index (χ2v) is 4.83. The minimum atomic E-state index is -0.183. The molecule has 2 nitrogen and oxygen atoms in total. The maximum atomic E-state index is 12.7. The summed E-state index contributed by atoms with van der Waals surface area (Å²) in [7, 11) is 2.03. The highest BCUT2D eigenvalue weighted by atomic mass is 19.1. The number of likely N-dealkylation sites (N-methyl/N-ethyl adjacent to an activating group) is 1. The standard InChI is InChI=1S/C14H23FN2/c1-12(2)8-9-16-10-11-17(3)14-6-4-13(15)5-7-14/h4-7,12,16H,8-11H2,1-3H3. The zero-order chi connectivity index (χ0) is 12.7. The fourth-order valence-corrected chi connectivity index (χ4v) is 1.59. The summed E-state index contributed by atoms with van der Waals surface area (Å²) in [6.45, 7) is 7.41. The molecule has 0 aromatic heterocycles. The number of hydrogen-bond acceptors (Lipinski definition) is 2. The summed E-state index contributed by atoms with van der Waals surface area (Å²) in [5, 5.41) is 3.41. The van der Waals surface area contributed by atoms with Crippen LogP contribution in [-0.4, -0.2) is 26.7 Å². The monoisotopic (exact) mass is 238 g/mol. The molecule has 1 rings (SSSR count). The van der Waals surface area contributed by atoms with Crippen molar-refractivity contribution in [3.8, 4) is 0 Å². The van der Waals surface area contributed by atoms with Gasteiger partial charge in [-0.25, -0.2) is 4.39 Å². The van der Waals surface area contributed by atoms with Crippen molar-refractivity contribution < 1.29 is 4.39 Å². The van der Waals surface area contributed by atoms with Crippen molar-refractivity contribution in [3.63, 3.8) is 0 Å². The first-order valence-electron chi connectivity index (χ1n) is 6.27. The van der Waals surface area contributed by atoms with Gasteiger partial charge in [0, 0.05) is 25.8 Å². The van der Waals surface area contributed by atoms with Crippen molar-refractivity contribution in [3.05, 3.63) is 30.1 Å². The Labute approximate surface area is 104 Å². The summed E-state index contributed by atoms with van der Waals surface area (Å²) in [5.74, 6) is 0.564. The van der Waals surface area contributed by atoms with Gasteiger partial charge in [0.15, 0.2) is 0 Å². The van der Waals surface area contributed by atoms with E-state index in [-0.39, 0.29) is 5.82 Å². The van der Waals surface area contributed by atoms with E-state index in [4.69, 9.17) is 0 Å². The molecular formula is C14H23FN2. The maximum absolute atomic E-state index is 12.7. The third kappa shape index (κ3) is 5.68. The van der Waals surface area contributed by atoms with Crippen molar-refractivity contribution in [2.24, 2.45) is 5.92 Å². The lowest BCUT2D eigenvalue weighted by molar-refractivity contribution is 0.539. The van der Waals surface area contributed by atoms with Gasteiger partial charge in [-0.05, 0) is 43.1 Å². The average Bonchev–Trinajstić information content (AvgIpc) is 2.29. The summed E-state index contributed by atoms with van der Waals surface area (Å²) >= 11 is 0. The first kappa shape index (κ1) is 14.0. The Morgan fingerprint density at radius 1 is 1.18 bits per heavy atom. The number of anilines is 1. The first-order valence-corrected chi connectivity index (χ1v) is 6.27. The van der Waals surface area contributed by atoms with Crippen LogP contribution in [0.4, 0.5) is 10.1 Å². The van der Waals surface area contributed by atoms with Gasteiger partial charge >= 0.3 is 0 Å². The largest absolute Gasteiger partial charge is 0.373 e. The summed E-state index contributed by atoms with van der Waals surface area (Å²) in [6, 6.07) is 6.61. The molecule has 0 aliphatic rings. The van der Waals surface area contributed by atoms with E-state index in [0.717, 1.165) is 31.2 Å². The quantitative estimate of drug-likeness (QED) is 0.735. The average molecular weight is 238 g/mol. The molecule has 0 radical (unpaired) electrons. The third-order valence-corrected chi connectivity index (χ3v) is 2.79. The summed E-state index contributed by atoms with van der Waals surface area (Å²) in [6.07, 6.45) is 1.21. The van der Waals surface area contributed by atoms with Crippen molar-refractivity contribution >= 4 is 5.69 Å². The molecule has 0 spiro atoms. The highest BCUT2D eigenvalue weighted by Crippen LogP contribution is 2.12. The molecule has 17 heavy (non-hydrogen) atoms. The number of rotatable bonds is 7. The Morgan fingerprint density at radius 2 is 1.82 bits per heavy atom. The lowest BCUT2D eigenvalue weighted by Gasteiger charge is -2.19. The number of benzene rings is 1. The lowest BCUT2D eigenvalue weighted by Crippen LogP contribution is -2.30. The molecule has 0 fully saturated rings. The van der Waals surface area contributed by atoms with E-state index in [0.29, 0.717) is 0 Å². The summed E-state index contributed by atoms with van der Waals surface area (Å²) < 4.78 is 12.7. The van der Waals surface area contributed by atoms with Crippen LogP contribution in [0.15, 0.2) is 24.3 Å². The SMILES string of the molecule is CC(C)CCNCCN(C)c1ccc(F)cc1. The summed E-state index contributed by atoms with van der Waals surface area (Å²) in [4.78, 5) is 2.13. The van der Waals surface area contributed by atoms with Gasteiger partial charge in [0.25, 0.3) is 0 Å². The van der Waals surface area contributed by atoms with Gasteiger partial charge in [-0.15, -0.1) is 0 Å². The molecule has 0 unspecified atom stereocenters. The fourth-order valence-electron chi connectivity index (χ4n) is 1.59. The molecule has 3 heteroatoms. The molecule has 0 bridgehead atoms. The minimum absolute atomic E-state index is 0.183. The van der Waals surface area contributed by atoms with Crippen LogP contribution < -0.4 is 10.2 Å².